The van der Waals surface area contributed by atoms with Gasteiger partial charge in [0.25, 0.3) is 0 Å². The van der Waals surface area contributed by atoms with Crippen molar-refractivity contribution in [3.63, 3.8) is 0 Å². The van der Waals surface area contributed by atoms with Crippen LogP contribution in [0.15, 0.2) is 24.3 Å². The average Bonchev–Trinajstić information content (AvgIpc) is 2.45. The zero-order valence-corrected chi connectivity index (χ0v) is 12.7. The molecule has 0 bridgehead atoms. The highest BCUT2D eigenvalue weighted by Crippen LogP contribution is 2.27. The van der Waals surface area contributed by atoms with Crippen LogP contribution >= 0.6 is 0 Å². The van der Waals surface area contributed by atoms with Crippen LogP contribution in [-0.4, -0.2) is 24.5 Å². The van der Waals surface area contributed by atoms with Crippen molar-refractivity contribution in [1.82, 2.24) is 4.90 Å². The number of nitrogens with two attached hydrogens (primary N) is 1. The van der Waals surface area contributed by atoms with E-state index in [9.17, 15) is 0 Å². The van der Waals surface area contributed by atoms with Crippen molar-refractivity contribution in [2.45, 2.75) is 45.2 Å². The summed E-state index contributed by atoms with van der Waals surface area (Å²) in [7, 11) is 2.25. The monoisotopic (exact) mass is 270 g/mol. The van der Waals surface area contributed by atoms with Gasteiger partial charge in [-0.2, -0.15) is 0 Å². The predicted molar refractivity (Wildman–Crippen MR) is 85.3 cm³/mol. The van der Waals surface area contributed by atoms with Crippen molar-refractivity contribution in [1.29, 1.82) is 0 Å². The van der Waals surface area contributed by atoms with Gasteiger partial charge in [-0.3, -0.25) is 4.90 Å². The molecule has 1 fully saturated rings. The number of nitrogens with zero attached hydrogens (tertiary/aromatic N) is 1. The maximum atomic E-state index is 5.42. The van der Waals surface area contributed by atoms with E-state index >= 15 is 0 Å². The summed E-state index contributed by atoms with van der Waals surface area (Å²) < 4.78 is 0. The van der Waals surface area contributed by atoms with E-state index in [0.717, 1.165) is 24.1 Å². The van der Waals surface area contributed by atoms with E-state index in [2.05, 4.69) is 55.0 Å². The van der Waals surface area contributed by atoms with Crippen molar-refractivity contribution in [3.05, 3.63) is 35.4 Å². The Labute approximate surface area is 123 Å². The lowest BCUT2D eigenvalue weighted by molar-refractivity contribution is 0.157. The number of hydrogen-bond donors (Lipinski definition) is 1. The summed E-state index contributed by atoms with van der Waals surface area (Å²) in [5.74, 6) is 6.90. The van der Waals surface area contributed by atoms with Crippen molar-refractivity contribution in [2.24, 2.45) is 11.7 Å². The molecule has 2 N–H and O–H groups in total. The molecule has 0 aromatic heterocycles. The van der Waals surface area contributed by atoms with Gasteiger partial charge < -0.3 is 5.73 Å². The Kier molecular flexibility index (Phi) is 5.64. The highest BCUT2D eigenvalue weighted by Gasteiger charge is 2.22. The van der Waals surface area contributed by atoms with Crippen molar-refractivity contribution < 1.29 is 0 Å². The Hall–Kier alpha value is -1.30. The highest BCUT2D eigenvalue weighted by molar-refractivity contribution is 5.37. The summed E-state index contributed by atoms with van der Waals surface area (Å²) in [5.41, 5.74) is 7.83. The lowest BCUT2D eigenvalue weighted by atomic mass is 9.86. The minimum absolute atomic E-state index is 0.421. The second-order valence-corrected chi connectivity index (χ2v) is 6.05. The molecule has 1 aromatic carbocycles. The third kappa shape index (κ3) is 4.37. The largest absolute Gasteiger partial charge is 0.320 e. The third-order valence-corrected chi connectivity index (χ3v) is 4.23. The first-order valence-electron chi connectivity index (χ1n) is 7.67. The normalized spacial score (nSPS) is 22.4. The molecule has 2 heteroatoms. The average molecular weight is 270 g/mol. The summed E-state index contributed by atoms with van der Waals surface area (Å²) in [6.07, 6.45) is 5.45. The summed E-state index contributed by atoms with van der Waals surface area (Å²) in [6.45, 7) is 3.81. The van der Waals surface area contributed by atoms with E-state index in [1.54, 1.807) is 0 Å². The minimum Gasteiger partial charge on any atom is -0.320 e. The minimum atomic E-state index is 0.421. The first-order valence-corrected chi connectivity index (χ1v) is 7.67. The molecule has 1 saturated carbocycles. The maximum Gasteiger partial charge on any atom is 0.0555 e. The van der Waals surface area contributed by atoms with E-state index in [-0.39, 0.29) is 0 Å². The van der Waals surface area contributed by atoms with Crippen molar-refractivity contribution in [3.8, 4) is 11.8 Å². The fourth-order valence-corrected chi connectivity index (χ4v) is 3.12. The van der Waals surface area contributed by atoms with Crippen molar-refractivity contribution >= 4 is 0 Å². The van der Waals surface area contributed by atoms with Gasteiger partial charge >= 0.3 is 0 Å². The number of benzene rings is 1. The van der Waals surface area contributed by atoms with Crippen LogP contribution in [0.5, 0.6) is 0 Å². The Bertz CT molecular complexity index is 484. The van der Waals surface area contributed by atoms with Gasteiger partial charge in [-0.25, -0.2) is 0 Å². The van der Waals surface area contributed by atoms with Crippen LogP contribution in [0.4, 0.5) is 0 Å². The van der Waals surface area contributed by atoms with Gasteiger partial charge in [0.15, 0.2) is 0 Å². The van der Waals surface area contributed by atoms with Crippen LogP contribution < -0.4 is 5.73 Å². The van der Waals surface area contributed by atoms with E-state index in [0.29, 0.717) is 6.54 Å². The molecule has 2 nitrogen and oxygen atoms in total. The molecule has 2 rings (SSSR count). The molecule has 20 heavy (non-hydrogen) atoms. The molecule has 1 aromatic rings. The van der Waals surface area contributed by atoms with Gasteiger partial charge in [0.1, 0.15) is 0 Å². The Morgan fingerprint density at radius 2 is 2.20 bits per heavy atom. The van der Waals surface area contributed by atoms with Crippen molar-refractivity contribution in [2.75, 3.05) is 13.6 Å². The van der Waals surface area contributed by atoms with Gasteiger partial charge in [-0.15, -0.1) is 0 Å². The fraction of sp³-hybridized carbons (Fsp3) is 0.556. The summed E-state index contributed by atoms with van der Waals surface area (Å²) in [6, 6.07) is 9.25. The van der Waals surface area contributed by atoms with Crippen LogP contribution in [0.1, 0.15) is 43.7 Å². The molecule has 0 heterocycles. The van der Waals surface area contributed by atoms with Crippen LogP contribution in [0.2, 0.25) is 0 Å². The summed E-state index contributed by atoms with van der Waals surface area (Å²) in [5, 5.41) is 0. The molecule has 0 aliphatic heterocycles. The molecule has 108 valence electrons. The van der Waals surface area contributed by atoms with E-state index in [1.807, 2.05) is 0 Å². The fourth-order valence-electron chi connectivity index (χ4n) is 3.12. The van der Waals surface area contributed by atoms with Gasteiger partial charge in [0.2, 0.25) is 0 Å². The summed E-state index contributed by atoms with van der Waals surface area (Å²) in [4.78, 5) is 2.51. The molecule has 0 amide bonds. The second kappa shape index (κ2) is 7.47. The SMILES string of the molecule is CC1CCCC(N(C)Cc2cccc(C#CCN)c2)C1. The van der Waals surface area contributed by atoms with Gasteiger partial charge in [0.05, 0.1) is 6.54 Å². The van der Waals surface area contributed by atoms with Gasteiger partial charge in [0, 0.05) is 18.2 Å². The molecule has 0 spiro atoms. The molecular formula is C18H26N2. The van der Waals surface area contributed by atoms with Gasteiger partial charge in [-0.1, -0.05) is 43.7 Å². The number of rotatable bonds is 3. The van der Waals surface area contributed by atoms with E-state index in [1.165, 1.54) is 31.2 Å². The zero-order valence-electron chi connectivity index (χ0n) is 12.7. The zero-order chi connectivity index (χ0) is 14.4. The highest BCUT2D eigenvalue weighted by atomic mass is 15.1. The van der Waals surface area contributed by atoms with Crippen LogP contribution in [-0.2, 0) is 6.54 Å². The molecule has 2 atom stereocenters. The molecule has 0 radical (unpaired) electrons. The van der Waals surface area contributed by atoms with E-state index < -0.39 is 0 Å². The second-order valence-electron chi connectivity index (χ2n) is 6.05. The molecule has 0 saturated heterocycles. The first kappa shape index (κ1) is 15.1. The molecular weight excluding hydrogens is 244 g/mol. The van der Waals surface area contributed by atoms with Gasteiger partial charge in [-0.05, 0) is 43.5 Å². The Morgan fingerprint density at radius 3 is 2.95 bits per heavy atom. The Morgan fingerprint density at radius 1 is 1.35 bits per heavy atom. The predicted octanol–water partition coefficient (Wildman–Crippen LogP) is 3.01. The quantitative estimate of drug-likeness (QED) is 0.856. The molecule has 2 unspecified atom stereocenters. The molecule has 1 aliphatic rings. The van der Waals surface area contributed by atoms with Crippen LogP contribution in [0.3, 0.4) is 0 Å². The smallest absolute Gasteiger partial charge is 0.0555 e. The first-order chi connectivity index (χ1) is 9.69. The van der Waals surface area contributed by atoms with Crippen LogP contribution in [0, 0.1) is 17.8 Å². The molecule has 1 aliphatic carbocycles. The summed E-state index contributed by atoms with van der Waals surface area (Å²) >= 11 is 0. The Balaban J connectivity index is 1.98. The third-order valence-electron chi connectivity index (χ3n) is 4.23. The maximum absolute atomic E-state index is 5.42. The standard InChI is InChI=1S/C18H26N2/c1-15-6-3-10-18(12-15)20(2)14-17-8-4-7-16(13-17)9-5-11-19/h4,7-8,13,15,18H,3,6,10-12,14,19H2,1-2H3. The lowest BCUT2D eigenvalue weighted by Gasteiger charge is -2.34. The van der Waals surface area contributed by atoms with E-state index in [4.69, 9.17) is 5.73 Å². The topological polar surface area (TPSA) is 29.3 Å². The van der Waals surface area contributed by atoms with Crippen LogP contribution in [0.25, 0.3) is 0 Å². The number of hydrogen-bond acceptors (Lipinski definition) is 2. The lowest BCUT2D eigenvalue weighted by Crippen LogP contribution is -2.35.